The van der Waals surface area contributed by atoms with Crippen LogP contribution in [0.4, 0.5) is 5.69 Å². The molecule has 29 heavy (non-hydrogen) atoms. The number of rotatable bonds is 5. The van der Waals surface area contributed by atoms with Crippen molar-refractivity contribution in [2.75, 3.05) is 51.5 Å². The highest BCUT2D eigenvalue weighted by Gasteiger charge is 2.21. The zero-order valence-corrected chi connectivity index (χ0v) is 17.9. The number of nitrogens with one attached hydrogen (secondary N) is 1. The zero-order valence-electron chi connectivity index (χ0n) is 17.1. The molecule has 1 heterocycles. The molecule has 0 amide bonds. The minimum absolute atomic E-state index is 0.332. The van der Waals surface area contributed by atoms with Gasteiger partial charge in [0.2, 0.25) is 0 Å². The first kappa shape index (κ1) is 21.0. The normalized spacial score (nSPS) is 15.3. The summed E-state index contributed by atoms with van der Waals surface area (Å²) in [6.07, 6.45) is 1.22. The highest BCUT2D eigenvalue weighted by Crippen LogP contribution is 2.28. The molecular weight excluding hydrogens is 388 g/mol. The van der Waals surface area contributed by atoms with E-state index in [9.17, 15) is 8.42 Å². The van der Waals surface area contributed by atoms with Gasteiger partial charge in [-0.3, -0.25) is 4.99 Å². The molecule has 0 atom stereocenters. The monoisotopic (exact) mass is 416 g/mol. The van der Waals surface area contributed by atoms with Gasteiger partial charge in [0.05, 0.1) is 17.7 Å². The lowest BCUT2D eigenvalue weighted by atomic mass is 10.2. The SMILES string of the molecule is CN=C(NCc1ccc(S(C)(=O)=O)cc1)N1CCN(c2ccccc2OC)CC1. The number of methoxy groups -OCH3 is 1. The third kappa shape index (κ3) is 5.20. The van der Waals surface area contributed by atoms with Crippen LogP contribution in [-0.4, -0.2) is 65.9 Å². The molecule has 1 aliphatic heterocycles. The van der Waals surface area contributed by atoms with Gasteiger partial charge in [-0.15, -0.1) is 0 Å². The van der Waals surface area contributed by atoms with Crippen LogP contribution in [0.3, 0.4) is 0 Å². The number of hydrogen-bond acceptors (Lipinski definition) is 5. The Bertz CT molecular complexity index is 950. The summed E-state index contributed by atoms with van der Waals surface area (Å²) in [5, 5.41) is 3.37. The molecule has 2 aromatic rings. The molecule has 1 N–H and O–H groups in total. The molecule has 156 valence electrons. The summed E-state index contributed by atoms with van der Waals surface area (Å²) >= 11 is 0. The molecule has 0 aliphatic carbocycles. The third-order valence-electron chi connectivity index (χ3n) is 5.02. The van der Waals surface area contributed by atoms with Gasteiger partial charge in [0, 0.05) is 46.0 Å². The summed E-state index contributed by atoms with van der Waals surface area (Å²) in [6.45, 7) is 4.05. The van der Waals surface area contributed by atoms with Crippen LogP contribution in [0.25, 0.3) is 0 Å². The average Bonchev–Trinajstić information content (AvgIpc) is 2.74. The summed E-state index contributed by atoms with van der Waals surface area (Å²) in [7, 11) is 0.305. The highest BCUT2D eigenvalue weighted by atomic mass is 32.2. The van der Waals surface area contributed by atoms with Gasteiger partial charge in [-0.2, -0.15) is 0 Å². The lowest BCUT2D eigenvalue weighted by molar-refractivity contribution is 0.367. The van der Waals surface area contributed by atoms with Crippen molar-refractivity contribution in [2.45, 2.75) is 11.4 Å². The third-order valence-corrected chi connectivity index (χ3v) is 6.15. The summed E-state index contributed by atoms with van der Waals surface area (Å²) in [5.74, 6) is 1.73. The zero-order chi connectivity index (χ0) is 20.9. The van der Waals surface area contributed by atoms with Gasteiger partial charge >= 0.3 is 0 Å². The predicted octanol–water partition coefficient (Wildman–Crippen LogP) is 2.00. The second-order valence-corrected chi connectivity index (χ2v) is 8.98. The topological polar surface area (TPSA) is 74.2 Å². The number of aliphatic imine (C=N–C) groups is 1. The van der Waals surface area contributed by atoms with E-state index in [1.165, 1.54) is 6.26 Å². The number of sulfone groups is 1. The van der Waals surface area contributed by atoms with Gasteiger partial charge in [-0.25, -0.2) is 8.42 Å². The van der Waals surface area contributed by atoms with Crippen molar-refractivity contribution >= 4 is 21.5 Å². The second-order valence-electron chi connectivity index (χ2n) is 6.96. The quantitative estimate of drug-likeness (QED) is 0.594. The van der Waals surface area contributed by atoms with Crippen LogP contribution in [0.1, 0.15) is 5.56 Å². The van der Waals surface area contributed by atoms with E-state index in [4.69, 9.17) is 4.74 Å². The maximum absolute atomic E-state index is 11.6. The molecule has 7 nitrogen and oxygen atoms in total. The maximum Gasteiger partial charge on any atom is 0.194 e. The van der Waals surface area contributed by atoms with Crippen molar-refractivity contribution in [3.8, 4) is 5.75 Å². The first-order chi connectivity index (χ1) is 13.9. The molecule has 0 saturated carbocycles. The lowest BCUT2D eigenvalue weighted by Crippen LogP contribution is -2.52. The van der Waals surface area contributed by atoms with Crippen LogP contribution in [0.2, 0.25) is 0 Å². The number of nitrogens with zero attached hydrogens (tertiary/aromatic N) is 3. The Morgan fingerprint density at radius 3 is 2.31 bits per heavy atom. The van der Waals surface area contributed by atoms with E-state index < -0.39 is 9.84 Å². The molecule has 3 rings (SSSR count). The smallest absolute Gasteiger partial charge is 0.194 e. The molecule has 0 unspecified atom stereocenters. The van der Waals surface area contributed by atoms with E-state index in [-0.39, 0.29) is 0 Å². The standard InChI is InChI=1S/C21H28N4O3S/c1-22-21(23-16-17-8-10-18(11-9-17)29(3,26)27)25-14-12-24(13-15-25)19-6-4-5-7-20(19)28-2/h4-11H,12-16H2,1-3H3,(H,22,23). The van der Waals surface area contributed by atoms with Crippen molar-refractivity contribution in [3.05, 3.63) is 54.1 Å². The Morgan fingerprint density at radius 1 is 1.07 bits per heavy atom. The van der Waals surface area contributed by atoms with Gasteiger partial charge in [0.1, 0.15) is 5.75 Å². The van der Waals surface area contributed by atoms with Crippen LogP contribution in [0.5, 0.6) is 5.75 Å². The average molecular weight is 417 g/mol. The van der Waals surface area contributed by atoms with Crippen molar-refractivity contribution in [2.24, 2.45) is 4.99 Å². The van der Waals surface area contributed by atoms with E-state index in [1.54, 1.807) is 26.3 Å². The summed E-state index contributed by atoms with van der Waals surface area (Å²) in [5.41, 5.74) is 2.12. The number of para-hydroxylation sites is 2. The maximum atomic E-state index is 11.6. The van der Waals surface area contributed by atoms with Crippen molar-refractivity contribution in [1.29, 1.82) is 0 Å². The van der Waals surface area contributed by atoms with Crippen molar-refractivity contribution in [1.82, 2.24) is 10.2 Å². The Morgan fingerprint density at radius 2 is 1.72 bits per heavy atom. The van der Waals surface area contributed by atoms with Gasteiger partial charge in [-0.1, -0.05) is 24.3 Å². The fourth-order valence-electron chi connectivity index (χ4n) is 3.42. The van der Waals surface area contributed by atoms with Crippen molar-refractivity contribution in [3.63, 3.8) is 0 Å². The molecule has 0 spiro atoms. The Kier molecular flexibility index (Phi) is 6.64. The lowest BCUT2D eigenvalue weighted by Gasteiger charge is -2.38. The molecule has 0 aromatic heterocycles. The van der Waals surface area contributed by atoms with Gasteiger partial charge in [-0.05, 0) is 29.8 Å². The summed E-state index contributed by atoms with van der Waals surface area (Å²) in [6, 6.07) is 15.0. The van der Waals surface area contributed by atoms with Crippen LogP contribution in [0, 0.1) is 0 Å². The Hall–Kier alpha value is -2.74. The van der Waals surface area contributed by atoms with Gasteiger partial charge < -0.3 is 19.9 Å². The van der Waals surface area contributed by atoms with Crippen LogP contribution >= 0.6 is 0 Å². The van der Waals surface area contributed by atoms with E-state index in [2.05, 4.69) is 26.2 Å². The summed E-state index contributed by atoms with van der Waals surface area (Å²) in [4.78, 5) is 9.30. The fourth-order valence-corrected chi connectivity index (χ4v) is 4.05. The number of piperazine rings is 1. The van der Waals surface area contributed by atoms with Crippen LogP contribution < -0.4 is 15.0 Å². The first-order valence-electron chi connectivity index (χ1n) is 9.55. The largest absolute Gasteiger partial charge is 0.495 e. The van der Waals surface area contributed by atoms with Gasteiger partial charge in [0.15, 0.2) is 15.8 Å². The van der Waals surface area contributed by atoms with E-state index in [0.717, 1.165) is 49.1 Å². The molecule has 8 heteroatoms. The van der Waals surface area contributed by atoms with E-state index >= 15 is 0 Å². The number of ether oxygens (including phenoxy) is 1. The molecule has 2 aromatic carbocycles. The number of anilines is 1. The number of hydrogen-bond donors (Lipinski definition) is 1. The van der Waals surface area contributed by atoms with E-state index in [0.29, 0.717) is 11.4 Å². The highest BCUT2D eigenvalue weighted by molar-refractivity contribution is 7.90. The second kappa shape index (κ2) is 9.17. The molecule has 0 bridgehead atoms. The molecule has 0 radical (unpaired) electrons. The Labute approximate surface area is 172 Å². The minimum Gasteiger partial charge on any atom is -0.495 e. The number of guanidine groups is 1. The van der Waals surface area contributed by atoms with Crippen molar-refractivity contribution < 1.29 is 13.2 Å². The minimum atomic E-state index is -3.17. The van der Waals surface area contributed by atoms with Crippen LogP contribution in [-0.2, 0) is 16.4 Å². The predicted molar refractivity (Wildman–Crippen MR) is 117 cm³/mol. The molecule has 1 saturated heterocycles. The van der Waals surface area contributed by atoms with E-state index in [1.807, 2.05) is 30.3 Å². The Balaban J connectivity index is 1.57. The molecule has 1 fully saturated rings. The number of benzene rings is 2. The fraction of sp³-hybridized carbons (Fsp3) is 0.381. The molecular formula is C21H28N4O3S. The first-order valence-corrected chi connectivity index (χ1v) is 11.4. The molecule has 1 aliphatic rings. The van der Waals surface area contributed by atoms with Crippen LogP contribution in [0.15, 0.2) is 58.4 Å². The van der Waals surface area contributed by atoms with Gasteiger partial charge in [0.25, 0.3) is 0 Å². The summed E-state index contributed by atoms with van der Waals surface area (Å²) < 4.78 is 28.6.